The van der Waals surface area contributed by atoms with Crippen molar-refractivity contribution in [2.75, 3.05) is 13.1 Å². The van der Waals surface area contributed by atoms with Crippen LogP contribution in [0.2, 0.25) is 0 Å². The Morgan fingerprint density at radius 1 is 1.11 bits per heavy atom. The summed E-state index contributed by atoms with van der Waals surface area (Å²) in [5, 5.41) is 0. The molecule has 0 aromatic heterocycles. The van der Waals surface area contributed by atoms with Gasteiger partial charge < -0.3 is 12.8 Å². The second-order valence-electron chi connectivity index (χ2n) is 2.04. The van der Waals surface area contributed by atoms with Crippen molar-refractivity contribution < 1.29 is 18.9 Å². The molecular formula is C6H14BLiN. The van der Waals surface area contributed by atoms with Crippen molar-refractivity contribution in [2.24, 2.45) is 0 Å². The molecule has 3 heteroatoms. The number of hydrogen-bond donors (Lipinski definition) is 0. The van der Waals surface area contributed by atoms with Crippen molar-refractivity contribution >= 4 is 7.98 Å². The van der Waals surface area contributed by atoms with Gasteiger partial charge in [0.1, 0.15) is 0 Å². The van der Waals surface area contributed by atoms with E-state index in [0.717, 1.165) is 25.9 Å². The maximum absolute atomic E-state index is 5.53. The standard InChI is InChI=1S/C6H14BN.Li/c1-3-5-8(7)6-4-2;/h3-6H2,1-2H3;/q-1;+1. The minimum atomic E-state index is 0. The molecule has 0 aromatic carbocycles. The number of nitrogens with zero attached hydrogens (tertiary/aromatic N) is 1. The van der Waals surface area contributed by atoms with Crippen molar-refractivity contribution in [3.63, 3.8) is 0 Å². The van der Waals surface area contributed by atoms with Gasteiger partial charge in [0.25, 0.3) is 0 Å². The zero-order valence-electron chi connectivity index (χ0n) is 6.85. The van der Waals surface area contributed by atoms with E-state index >= 15 is 0 Å². The molecule has 47 valence electrons. The van der Waals surface area contributed by atoms with Crippen LogP contribution < -0.4 is 18.9 Å². The van der Waals surface area contributed by atoms with E-state index < -0.39 is 0 Å². The van der Waals surface area contributed by atoms with E-state index in [1.807, 2.05) is 4.81 Å². The molecule has 3 radical (unpaired) electrons. The number of rotatable bonds is 4. The fourth-order valence-electron chi connectivity index (χ4n) is 0.686. The smallest absolute Gasteiger partial charge is 0.580 e. The molecule has 0 aliphatic rings. The summed E-state index contributed by atoms with van der Waals surface area (Å²) in [6.45, 7) is 6.31. The molecule has 0 bridgehead atoms. The Hall–Kier alpha value is 0.622. The summed E-state index contributed by atoms with van der Waals surface area (Å²) in [5.41, 5.74) is 0. The summed E-state index contributed by atoms with van der Waals surface area (Å²) < 4.78 is 0. The van der Waals surface area contributed by atoms with Gasteiger partial charge in [0.05, 0.1) is 0 Å². The zero-order valence-corrected chi connectivity index (χ0v) is 6.85. The van der Waals surface area contributed by atoms with E-state index in [2.05, 4.69) is 13.8 Å². The predicted molar refractivity (Wildman–Crippen MR) is 37.9 cm³/mol. The summed E-state index contributed by atoms with van der Waals surface area (Å²) >= 11 is 0. The van der Waals surface area contributed by atoms with Crippen LogP contribution in [0.5, 0.6) is 0 Å². The first-order valence-corrected chi connectivity index (χ1v) is 3.30. The van der Waals surface area contributed by atoms with E-state index in [0.29, 0.717) is 0 Å². The summed E-state index contributed by atoms with van der Waals surface area (Å²) in [6.07, 6.45) is 2.30. The van der Waals surface area contributed by atoms with Gasteiger partial charge in [0.2, 0.25) is 0 Å². The van der Waals surface area contributed by atoms with Crippen LogP contribution in [0.1, 0.15) is 26.7 Å². The van der Waals surface area contributed by atoms with Gasteiger partial charge >= 0.3 is 18.9 Å². The molecule has 0 aromatic rings. The molecule has 1 nitrogen and oxygen atoms in total. The maximum atomic E-state index is 5.53. The summed E-state index contributed by atoms with van der Waals surface area (Å²) in [7, 11) is 5.53. The molecule has 0 amide bonds. The third kappa shape index (κ3) is 8.62. The molecule has 0 unspecified atom stereocenters. The second-order valence-corrected chi connectivity index (χ2v) is 2.04. The second kappa shape index (κ2) is 8.62. The molecule has 0 saturated heterocycles. The maximum Gasteiger partial charge on any atom is 1.00 e. The third-order valence-electron chi connectivity index (χ3n) is 1.02. The summed E-state index contributed by atoms with van der Waals surface area (Å²) in [6, 6.07) is 0. The molecule has 0 spiro atoms. The molecule has 0 heterocycles. The van der Waals surface area contributed by atoms with Crippen LogP contribution in [0.3, 0.4) is 0 Å². The van der Waals surface area contributed by atoms with Crippen LogP contribution in [-0.4, -0.2) is 25.9 Å². The van der Waals surface area contributed by atoms with Gasteiger partial charge in [-0.1, -0.05) is 13.8 Å². The Morgan fingerprint density at radius 3 is 1.67 bits per heavy atom. The minimum Gasteiger partial charge on any atom is -0.580 e. The molecule has 0 atom stereocenters. The quantitative estimate of drug-likeness (QED) is 0.393. The van der Waals surface area contributed by atoms with Crippen LogP contribution in [0.4, 0.5) is 0 Å². The van der Waals surface area contributed by atoms with E-state index in [-0.39, 0.29) is 18.9 Å². The first-order chi connectivity index (χ1) is 3.81. The predicted octanol–water partition coefficient (Wildman–Crippen LogP) is -1.80. The third-order valence-corrected chi connectivity index (χ3v) is 1.02. The Balaban J connectivity index is 0. The average molecular weight is 118 g/mol. The SMILES string of the molecule is [B-]N(CCC)CCC.[Li+]. The van der Waals surface area contributed by atoms with Crippen molar-refractivity contribution in [2.45, 2.75) is 26.7 Å². The van der Waals surface area contributed by atoms with Crippen LogP contribution in [0, 0.1) is 0 Å². The first kappa shape index (κ1) is 12.3. The first-order valence-electron chi connectivity index (χ1n) is 3.30. The minimum absolute atomic E-state index is 0. The van der Waals surface area contributed by atoms with Crippen molar-refractivity contribution in [3.05, 3.63) is 0 Å². The molecular weight excluding hydrogens is 104 g/mol. The van der Waals surface area contributed by atoms with E-state index in [1.165, 1.54) is 0 Å². The topological polar surface area (TPSA) is 3.24 Å². The van der Waals surface area contributed by atoms with Gasteiger partial charge in [0, 0.05) is 0 Å². The van der Waals surface area contributed by atoms with Crippen molar-refractivity contribution in [1.29, 1.82) is 0 Å². The van der Waals surface area contributed by atoms with Gasteiger partial charge in [-0.3, -0.25) is 0 Å². The normalized spacial score (nSPS) is 9.33. The fraction of sp³-hybridized carbons (Fsp3) is 1.00. The zero-order chi connectivity index (χ0) is 6.41. The number of hydrogen-bond acceptors (Lipinski definition) is 1. The Morgan fingerprint density at radius 2 is 1.44 bits per heavy atom. The summed E-state index contributed by atoms with van der Waals surface area (Å²) in [4.78, 5) is 1.86. The monoisotopic (exact) mass is 118 g/mol. The van der Waals surface area contributed by atoms with Gasteiger partial charge in [-0.05, 0) is 25.9 Å². The van der Waals surface area contributed by atoms with Crippen molar-refractivity contribution in [1.82, 2.24) is 4.81 Å². The Bertz CT molecular complexity index is 46.3. The molecule has 0 N–H and O–H groups in total. The van der Waals surface area contributed by atoms with Gasteiger partial charge in [-0.25, -0.2) is 0 Å². The molecule has 0 aliphatic carbocycles. The average Bonchev–Trinajstić information content (AvgIpc) is 1.68. The summed E-state index contributed by atoms with van der Waals surface area (Å²) in [5.74, 6) is 0. The van der Waals surface area contributed by atoms with Crippen LogP contribution in [0.25, 0.3) is 0 Å². The Kier molecular flexibility index (Phi) is 11.8. The van der Waals surface area contributed by atoms with Gasteiger partial charge in [0.15, 0.2) is 0 Å². The molecule has 0 fully saturated rings. The van der Waals surface area contributed by atoms with E-state index in [9.17, 15) is 0 Å². The van der Waals surface area contributed by atoms with Crippen LogP contribution >= 0.6 is 0 Å². The van der Waals surface area contributed by atoms with Gasteiger partial charge in [-0.2, -0.15) is 0 Å². The molecule has 0 rings (SSSR count). The van der Waals surface area contributed by atoms with E-state index in [4.69, 9.17) is 7.98 Å². The van der Waals surface area contributed by atoms with Crippen molar-refractivity contribution in [3.8, 4) is 0 Å². The largest absolute Gasteiger partial charge is 1.00 e. The van der Waals surface area contributed by atoms with E-state index in [1.54, 1.807) is 0 Å². The molecule has 0 saturated carbocycles. The van der Waals surface area contributed by atoms with Crippen LogP contribution in [0.15, 0.2) is 0 Å². The molecule has 0 aliphatic heterocycles. The fourth-order valence-corrected chi connectivity index (χ4v) is 0.686. The van der Waals surface area contributed by atoms with Crippen LogP contribution in [-0.2, 0) is 0 Å². The molecule has 9 heavy (non-hydrogen) atoms. The van der Waals surface area contributed by atoms with Gasteiger partial charge in [-0.15, -0.1) is 0 Å². The Labute approximate surface area is 71.8 Å².